The number of rotatable bonds is 20. The Bertz CT molecular complexity index is 903. The minimum Gasteiger partial charge on any atom is -0.508 e. The van der Waals surface area contributed by atoms with Crippen LogP contribution in [0.3, 0.4) is 0 Å². The van der Waals surface area contributed by atoms with Crippen LogP contribution in [0.2, 0.25) is 0 Å². The number of aliphatic carboxylic acids is 1. The summed E-state index contributed by atoms with van der Waals surface area (Å²) in [6.45, 7) is 0.923. The van der Waals surface area contributed by atoms with Crippen molar-refractivity contribution in [2.24, 2.45) is 17.2 Å². The van der Waals surface area contributed by atoms with Gasteiger partial charge in [0.15, 0.2) is 0 Å². The molecule has 220 valence electrons. The van der Waals surface area contributed by atoms with Gasteiger partial charge in [-0.3, -0.25) is 14.4 Å². The van der Waals surface area contributed by atoms with E-state index < -0.39 is 47.9 Å². The van der Waals surface area contributed by atoms with Crippen molar-refractivity contribution in [1.82, 2.24) is 16.0 Å². The second kappa shape index (κ2) is 19.2. The molecule has 4 unspecified atom stereocenters. The smallest absolute Gasteiger partial charge is 0.326 e. The number of phenolic OH excluding ortho intramolecular Hbond substituents is 1. The number of aromatic hydroxyl groups is 1. The topological polar surface area (TPSA) is 223 Å². The van der Waals surface area contributed by atoms with Crippen molar-refractivity contribution in [3.05, 3.63) is 29.8 Å². The average Bonchev–Trinajstić information content (AvgIpc) is 2.90. The van der Waals surface area contributed by atoms with Gasteiger partial charge in [0.2, 0.25) is 17.7 Å². The first-order chi connectivity index (χ1) is 18.6. The standard InChI is InChI=1S/C26H44N6O6S/c1-39-15-12-21(25(36)32-22(26(37)38)16-17-8-10-18(33)11-9-17)31-24(35)20(7-3-5-14-28)30-23(34)19(29)6-2-4-13-27/h8-11,19-22,33H,2-7,12-16,27-29H2,1H3,(H,30,34)(H,31,35)(H,32,36)(H,37,38). The molecule has 1 rings (SSSR count). The second-order valence-corrected chi connectivity index (χ2v) is 10.3. The van der Waals surface area contributed by atoms with E-state index in [2.05, 4.69) is 16.0 Å². The Kier molecular flexibility index (Phi) is 16.8. The van der Waals surface area contributed by atoms with E-state index in [1.54, 1.807) is 12.1 Å². The number of benzene rings is 1. The third-order valence-corrected chi connectivity index (χ3v) is 6.76. The zero-order chi connectivity index (χ0) is 29.2. The highest BCUT2D eigenvalue weighted by molar-refractivity contribution is 7.98. The monoisotopic (exact) mass is 568 g/mol. The summed E-state index contributed by atoms with van der Waals surface area (Å²) in [7, 11) is 0. The van der Waals surface area contributed by atoms with Gasteiger partial charge in [-0.1, -0.05) is 18.6 Å². The summed E-state index contributed by atoms with van der Waals surface area (Å²) < 4.78 is 0. The number of hydrogen-bond acceptors (Lipinski definition) is 9. The average molecular weight is 569 g/mol. The Morgan fingerprint density at radius 3 is 1.85 bits per heavy atom. The number of thioether (sulfide) groups is 1. The van der Waals surface area contributed by atoms with E-state index in [0.29, 0.717) is 56.5 Å². The van der Waals surface area contributed by atoms with Crippen molar-refractivity contribution < 1.29 is 29.4 Å². The van der Waals surface area contributed by atoms with Crippen LogP contribution in [0.15, 0.2) is 24.3 Å². The molecular formula is C26H44N6O6S. The van der Waals surface area contributed by atoms with Gasteiger partial charge in [0, 0.05) is 6.42 Å². The zero-order valence-electron chi connectivity index (χ0n) is 22.6. The van der Waals surface area contributed by atoms with E-state index in [0.717, 1.165) is 6.42 Å². The molecule has 0 heterocycles. The molecule has 0 spiro atoms. The van der Waals surface area contributed by atoms with Gasteiger partial charge in [0.05, 0.1) is 6.04 Å². The van der Waals surface area contributed by atoms with Crippen molar-refractivity contribution in [3.8, 4) is 5.75 Å². The Balaban J connectivity index is 2.96. The van der Waals surface area contributed by atoms with Gasteiger partial charge >= 0.3 is 5.97 Å². The first-order valence-electron chi connectivity index (χ1n) is 13.2. The number of hydrogen-bond donors (Lipinski definition) is 8. The Morgan fingerprint density at radius 2 is 1.31 bits per heavy atom. The lowest BCUT2D eigenvalue weighted by molar-refractivity contribution is -0.142. The van der Waals surface area contributed by atoms with Crippen molar-refractivity contribution in [1.29, 1.82) is 0 Å². The summed E-state index contributed by atoms with van der Waals surface area (Å²) in [5, 5.41) is 27.1. The number of carboxylic acid groups (broad SMARTS) is 1. The largest absolute Gasteiger partial charge is 0.508 e. The number of carbonyl (C=O) groups excluding carboxylic acids is 3. The second-order valence-electron chi connectivity index (χ2n) is 9.35. The summed E-state index contributed by atoms with van der Waals surface area (Å²) in [5.41, 5.74) is 17.7. The third kappa shape index (κ3) is 13.7. The third-order valence-electron chi connectivity index (χ3n) is 6.12. The van der Waals surface area contributed by atoms with Gasteiger partial charge < -0.3 is 43.4 Å². The van der Waals surface area contributed by atoms with Crippen LogP contribution in [0.1, 0.15) is 50.5 Å². The molecule has 0 aliphatic carbocycles. The van der Waals surface area contributed by atoms with Crippen molar-refractivity contribution in [2.75, 3.05) is 25.1 Å². The van der Waals surface area contributed by atoms with Crippen LogP contribution in [-0.2, 0) is 25.6 Å². The maximum absolute atomic E-state index is 13.2. The molecule has 0 bridgehead atoms. The zero-order valence-corrected chi connectivity index (χ0v) is 23.4. The highest BCUT2D eigenvalue weighted by atomic mass is 32.2. The summed E-state index contributed by atoms with van der Waals surface area (Å²) in [4.78, 5) is 50.9. The molecule has 0 saturated heterocycles. The number of nitrogens with one attached hydrogen (secondary N) is 3. The molecule has 3 amide bonds. The molecule has 4 atom stereocenters. The Hall–Kier alpha value is -2.87. The Labute approximate surface area is 234 Å². The van der Waals surface area contributed by atoms with E-state index >= 15 is 0 Å². The van der Waals surface area contributed by atoms with E-state index in [1.165, 1.54) is 23.9 Å². The van der Waals surface area contributed by atoms with E-state index in [1.807, 2.05) is 6.26 Å². The molecule has 0 aromatic heterocycles. The summed E-state index contributed by atoms with van der Waals surface area (Å²) in [6, 6.07) is 2.01. The summed E-state index contributed by atoms with van der Waals surface area (Å²) in [5.74, 6) is -2.33. The molecule has 0 radical (unpaired) electrons. The van der Waals surface area contributed by atoms with Gasteiger partial charge in [-0.25, -0.2) is 4.79 Å². The van der Waals surface area contributed by atoms with Gasteiger partial charge in [0.25, 0.3) is 0 Å². The molecule has 11 N–H and O–H groups in total. The van der Waals surface area contributed by atoms with Crippen LogP contribution < -0.4 is 33.2 Å². The van der Waals surface area contributed by atoms with E-state index in [-0.39, 0.29) is 18.6 Å². The number of phenols is 1. The first kappa shape index (κ1) is 34.2. The van der Waals surface area contributed by atoms with Crippen LogP contribution in [0.5, 0.6) is 5.75 Å². The van der Waals surface area contributed by atoms with Gasteiger partial charge in [-0.05, 0) is 81.3 Å². The number of nitrogens with two attached hydrogens (primary N) is 3. The molecule has 1 aromatic rings. The van der Waals surface area contributed by atoms with Gasteiger partial charge in [-0.2, -0.15) is 11.8 Å². The highest BCUT2D eigenvalue weighted by Gasteiger charge is 2.30. The first-order valence-corrected chi connectivity index (χ1v) is 14.6. The molecule has 13 heteroatoms. The quantitative estimate of drug-likeness (QED) is 0.0968. The maximum atomic E-state index is 13.2. The van der Waals surface area contributed by atoms with E-state index in [9.17, 15) is 29.4 Å². The fourth-order valence-electron chi connectivity index (χ4n) is 3.80. The van der Waals surface area contributed by atoms with Crippen molar-refractivity contribution >= 4 is 35.5 Å². The van der Waals surface area contributed by atoms with Gasteiger partial charge in [0.1, 0.15) is 23.9 Å². The molecule has 39 heavy (non-hydrogen) atoms. The van der Waals surface area contributed by atoms with Crippen LogP contribution in [0, 0.1) is 0 Å². The molecule has 0 aliphatic heterocycles. The lowest BCUT2D eigenvalue weighted by atomic mass is 10.0. The molecule has 0 aliphatic rings. The molecular weight excluding hydrogens is 524 g/mol. The number of amides is 3. The molecule has 1 aromatic carbocycles. The van der Waals surface area contributed by atoms with Crippen LogP contribution >= 0.6 is 11.8 Å². The molecule has 12 nitrogen and oxygen atoms in total. The van der Waals surface area contributed by atoms with Crippen LogP contribution in [0.4, 0.5) is 0 Å². The fourth-order valence-corrected chi connectivity index (χ4v) is 4.27. The fraction of sp³-hybridized carbons (Fsp3) is 0.615. The number of unbranched alkanes of at least 4 members (excludes halogenated alkanes) is 2. The number of carbonyl (C=O) groups is 4. The number of carboxylic acids is 1. The lowest BCUT2D eigenvalue weighted by Gasteiger charge is -2.25. The minimum atomic E-state index is -1.25. The van der Waals surface area contributed by atoms with Crippen LogP contribution in [-0.4, -0.2) is 83.2 Å². The van der Waals surface area contributed by atoms with E-state index in [4.69, 9.17) is 17.2 Å². The molecule has 0 fully saturated rings. The van der Waals surface area contributed by atoms with Crippen molar-refractivity contribution in [3.63, 3.8) is 0 Å². The highest BCUT2D eigenvalue weighted by Crippen LogP contribution is 2.12. The van der Waals surface area contributed by atoms with Gasteiger partial charge in [-0.15, -0.1) is 0 Å². The summed E-state index contributed by atoms with van der Waals surface area (Å²) in [6.07, 6.45) is 5.47. The molecule has 0 saturated carbocycles. The summed E-state index contributed by atoms with van der Waals surface area (Å²) >= 11 is 1.47. The Morgan fingerprint density at radius 1 is 0.795 bits per heavy atom. The van der Waals surface area contributed by atoms with Crippen LogP contribution in [0.25, 0.3) is 0 Å². The maximum Gasteiger partial charge on any atom is 0.326 e. The lowest BCUT2D eigenvalue weighted by Crippen LogP contribution is -2.57. The predicted octanol–water partition coefficient (Wildman–Crippen LogP) is -0.188. The normalized spacial score (nSPS) is 14.1. The van der Waals surface area contributed by atoms with Crippen molar-refractivity contribution in [2.45, 2.75) is 75.5 Å². The SMILES string of the molecule is CSCCC(NC(=O)C(CCCCN)NC(=O)C(N)CCCCN)C(=O)NC(Cc1ccc(O)cc1)C(=O)O. The predicted molar refractivity (Wildman–Crippen MR) is 152 cm³/mol. The minimum absolute atomic E-state index is 0.00956.